The maximum Gasteiger partial charge on any atom is 0.494 e. The van der Waals surface area contributed by atoms with E-state index < -0.39 is 35.7 Å². The van der Waals surface area contributed by atoms with Crippen LogP contribution in [0.25, 0.3) is 28.2 Å². The molecule has 0 radical (unpaired) electrons. The van der Waals surface area contributed by atoms with Gasteiger partial charge in [-0.2, -0.15) is 0 Å². The number of carbonyl (C=O) groups is 1. The van der Waals surface area contributed by atoms with E-state index in [0.717, 1.165) is 17.2 Å². The lowest BCUT2D eigenvalue weighted by Gasteiger charge is -2.32. The lowest BCUT2D eigenvalue weighted by molar-refractivity contribution is -0.131. The molecule has 1 aliphatic rings. The molecule has 40 heavy (non-hydrogen) atoms. The monoisotopic (exact) mass is 560 g/mol. The first-order valence-electron chi connectivity index (χ1n) is 12.8. The lowest BCUT2D eigenvalue weighted by atomic mass is 9.78. The molecule has 1 aromatic heterocycles. The fourth-order valence-electron chi connectivity index (χ4n) is 4.65. The molecule has 4 aromatic rings. The first-order chi connectivity index (χ1) is 18.8. The number of aliphatic carboxylic acids is 1. The molecule has 0 atom stereocenters. The molecule has 1 aliphatic heterocycles. The van der Waals surface area contributed by atoms with Crippen LogP contribution < -0.4 is 11.1 Å². The van der Waals surface area contributed by atoms with E-state index >= 15 is 0 Å². The van der Waals surface area contributed by atoms with Gasteiger partial charge in [-0.1, -0.05) is 54.1 Å². The van der Waals surface area contributed by atoms with Crippen molar-refractivity contribution in [2.45, 2.75) is 45.3 Å². The summed E-state index contributed by atoms with van der Waals surface area (Å²) in [6.45, 7) is 7.87. The third kappa shape index (κ3) is 5.35. The van der Waals surface area contributed by atoms with E-state index in [1.54, 1.807) is 18.2 Å². The van der Waals surface area contributed by atoms with Crippen LogP contribution in [0.1, 0.15) is 44.4 Å². The topological polar surface area (TPSA) is 86.0 Å². The van der Waals surface area contributed by atoms with E-state index in [-0.39, 0.29) is 10.6 Å². The lowest BCUT2D eigenvalue weighted by Crippen LogP contribution is -2.41. The molecule has 0 saturated carbocycles. The molecule has 9 heteroatoms. The van der Waals surface area contributed by atoms with Gasteiger partial charge in [-0.05, 0) is 86.1 Å². The standard InChI is InChI=1S/C31H27BClFO6/c1-30(2)31(3,4)40-32(39-30)21-11-12-22-23(15-19-7-5-18(6-8-19)9-14-27(35)36)28(29(37)38-26(22)17-21)20-10-13-25(34)24(33)16-20/h5-14,16-17H,15H2,1-4H3,(H,35,36)/b14-9+. The quantitative estimate of drug-likeness (QED) is 0.171. The predicted molar refractivity (Wildman–Crippen MR) is 155 cm³/mol. The van der Waals surface area contributed by atoms with Gasteiger partial charge in [-0.25, -0.2) is 14.0 Å². The summed E-state index contributed by atoms with van der Waals surface area (Å²) in [5.41, 5.74) is 2.44. The van der Waals surface area contributed by atoms with Crippen LogP contribution in [0.4, 0.5) is 4.39 Å². The summed E-state index contributed by atoms with van der Waals surface area (Å²) in [5, 5.41) is 9.49. The summed E-state index contributed by atoms with van der Waals surface area (Å²) in [5.74, 6) is -1.62. The Morgan fingerprint density at radius 2 is 1.68 bits per heavy atom. The van der Waals surface area contributed by atoms with Crippen molar-refractivity contribution in [1.29, 1.82) is 0 Å². The predicted octanol–water partition coefficient (Wildman–Crippen LogP) is 6.24. The minimum Gasteiger partial charge on any atom is -0.478 e. The molecule has 5 rings (SSSR count). The maximum absolute atomic E-state index is 14.0. The first-order valence-corrected chi connectivity index (χ1v) is 13.1. The number of fused-ring (bicyclic) bond motifs is 1. The molecule has 0 bridgehead atoms. The third-order valence-corrected chi connectivity index (χ3v) is 7.84. The molecule has 1 saturated heterocycles. The molecule has 6 nitrogen and oxygen atoms in total. The van der Waals surface area contributed by atoms with Crippen LogP contribution in [0.3, 0.4) is 0 Å². The minimum absolute atomic E-state index is 0.103. The zero-order valence-electron chi connectivity index (χ0n) is 22.5. The van der Waals surface area contributed by atoms with Crippen LogP contribution >= 0.6 is 11.6 Å². The highest BCUT2D eigenvalue weighted by molar-refractivity contribution is 6.62. The summed E-state index contributed by atoms with van der Waals surface area (Å²) >= 11 is 6.07. The second-order valence-electron chi connectivity index (χ2n) is 10.8. The van der Waals surface area contributed by atoms with Crippen molar-refractivity contribution in [3.8, 4) is 11.1 Å². The number of halogens is 2. The van der Waals surface area contributed by atoms with Gasteiger partial charge in [0.1, 0.15) is 11.4 Å². The van der Waals surface area contributed by atoms with Gasteiger partial charge in [-0.15, -0.1) is 0 Å². The normalized spacial score (nSPS) is 16.2. The Morgan fingerprint density at radius 1 is 1.00 bits per heavy atom. The molecule has 0 unspecified atom stereocenters. The highest BCUT2D eigenvalue weighted by Crippen LogP contribution is 2.37. The van der Waals surface area contributed by atoms with E-state index in [2.05, 4.69) is 0 Å². The molecule has 0 amide bonds. The van der Waals surface area contributed by atoms with Gasteiger partial charge >= 0.3 is 18.7 Å². The van der Waals surface area contributed by atoms with Crippen LogP contribution in [0.15, 0.2) is 76.0 Å². The molecular formula is C31H27BClFO6. The van der Waals surface area contributed by atoms with E-state index in [9.17, 15) is 14.0 Å². The van der Waals surface area contributed by atoms with Crippen molar-refractivity contribution in [1.82, 2.24) is 0 Å². The van der Waals surface area contributed by atoms with Crippen molar-refractivity contribution in [2.75, 3.05) is 0 Å². The van der Waals surface area contributed by atoms with Gasteiger partial charge in [0, 0.05) is 11.5 Å². The summed E-state index contributed by atoms with van der Waals surface area (Å²) in [6, 6.07) is 17.0. The minimum atomic E-state index is -1.03. The highest BCUT2D eigenvalue weighted by atomic mass is 35.5. The smallest absolute Gasteiger partial charge is 0.478 e. The Labute approximate surface area is 236 Å². The number of carboxylic acid groups (broad SMARTS) is 1. The molecular weight excluding hydrogens is 534 g/mol. The van der Waals surface area contributed by atoms with Crippen molar-refractivity contribution in [2.24, 2.45) is 0 Å². The highest BCUT2D eigenvalue weighted by Gasteiger charge is 2.51. The van der Waals surface area contributed by atoms with Crippen molar-refractivity contribution >= 4 is 47.2 Å². The number of carboxylic acids is 1. The van der Waals surface area contributed by atoms with Gasteiger partial charge < -0.3 is 18.8 Å². The number of hydrogen-bond acceptors (Lipinski definition) is 5. The number of benzene rings is 3. The SMILES string of the molecule is CC1(C)OB(c2ccc3c(Cc4ccc(/C=C/C(=O)O)cc4)c(-c4ccc(F)c(Cl)c4)c(=O)oc3c2)OC1(C)C. The van der Waals surface area contributed by atoms with Gasteiger partial charge in [0.05, 0.1) is 21.8 Å². The molecule has 0 spiro atoms. The molecule has 1 fully saturated rings. The number of rotatable bonds is 6. The summed E-state index contributed by atoms with van der Waals surface area (Å²) in [6.07, 6.45) is 2.92. The van der Waals surface area contributed by atoms with E-state index in [4.69, 9.17) is 30.4 Å². The number of hydrogen-bond donors (Lipinski definition) is 1. The largest absolute Gasteiger partial charge is 0.494 e. The first kappa shape index (κ1) is 27.8. The van der Waals surface area contributed by atoms with E-state index in [0.29, 0.717) is 34.0 Å². The third-order valence-electron chi connectivity index (χ3n) is 7.55. The van der Waals surface area contributed by atoms with Gasteiger partial charge in [0.15, 0.2) is 0 Å². The van der Waals surface area contributed by atoms with E-state index in [1.807, 2.05) is 52.0 Å². The molecule has 204 valence electrons. The fraction of sp³-hybridized carbons (Fsp3) is 0.226. The Morgan fingerprint density at radius 3 is 2.30 bits per heavy atom. The van der Waals surface area contributed by atoms with Crippen LogP contribution in [0.5, 0.6) is 0 Å². The van der Waals surface area contributed by atoms with E-state index in [1.165, 1.54) is 24.3 Å². The van der Waals surface area contributed by atoms with Crippen LogP contribution in [-0.2, 0) is 20.5 Å². The molecule has 3 aromatic carbocycles. The van der Waals surface area contributed by atoms with Crippen molar-refractivity contribution < 1.29 is 28.0 Å². The molecule has 1 N–H and O–H groups in total. The average molecular weight is 561 g/mol. The van der Waals surface area contributed by atoms with Gasteiger partial charge in [0.2, 0.25) is 0 Å². The fourth-order valence-corrected chi connectivity index (χ4v) is 4.83. The van der Waals surface area contributed by atoms with Crippen LogP contribution in [0.2, 0.25) is 5.02 Å². The summed E-state index contributed by atoms with van der Waals surface area (Å²) < 4.78 is 32.1. The van der Waals surface area contributed by atoms with Gasteiger partial charge in [-0.3, -0.25) is 0 Å². The second kappa shape index (κ2) is 10.4. The Hall–Kier alpha value is -3.72. The van der Waals surface area contributed by atoms with Crippen molar-refractivity contribution in [3.05, 3.63) is 105 Å². The zero-order valence-corrected chi connectivity index (χ0v) is 23.2. The Kier molecular flexibility index (Phi) is 7.21. The Balaban J connectivity index is 1.63. The summed E-state index contributed by atoms with van der Waals surface area (Å²) in [4.78, 5) is 24.3. The second-order valence-corrected chi connectivity index (χ2v) is 11.2. The zero-order chi connectivity index (χ0) is 28.8. The average Bonchev–Trinajstić information content (AvgIpc) is 3.11. The Bertz CT molecular complexity index is 1690. The maximum atomic E-state index is 14.0. The van der Waals surface area contributed by atoms with Crippen LogP contribution in [0, 0.1) is 5.82 Å². The summed E-state index contributed by atoms with van der Waals surface area (Å²) in [7, 11) is -0.634. The van der Waals surface area contributed by atoms with Gasteiger partial charge in [0.25, 0.3) is 0 Å². The van der Waals surface area contributed by atoms with Crippen LogP contribution in [-0.4, -0.2) is 29.4 Å². The molecule has 2 heterocycles. The molecule has 0 aliphatic carbocycles. The van der Waals surface area contributed by atoms with Crippen molar-refractivity contribution in [3.63, 3.8) is 0 Å².